The third-order valence-electron chi connectivity index (χ3n) is 4.70. The van der Waals surface area contributed by atoms with E-state index < -0.39 is 5.91 Å². The molecular weight excluding hydrogens is 480 g/mol. The molecule has 1 amide bonds. The average molecular weight is 513 g/mol. The molecule has 0 unspecified atom stereocenters. The Balaban J connectivity index is 0.000000327. The maximum Gasteiger partial charge on any atom is 0.260 e. The molecule has 4 N–H and O–H groups in total. The molecule has 8 nitrogen and oxygen atoms in total. The molecule has 0 saturated carbocycles. The van der Waals surface area contributed by atoms with Crippen molar-refractivity contribution >= 4 is 34.9 Å². The van der Waals surface area contributed by atoms with Crippen LogP contribution in [-0.2, 0) is 11.2 Å². The van der Waals surface area contributed by atoms with Gasteiger partial charge >= 0.3 is 0 Å². The highest BCUT2D eigenvalue weighted by molar-refractivity contribution is 7.13. The van der Waals surface area contributed by atoms with E-state index >= 15 is 0 Å². The summed E-state index contributed by atoms with van der Waals surface area (Å²) in [6.07, 6.45) is 12.3. The van der Waals surface area contributed by atoms with Gasteiger partial charge in [-0.1, -0.05) is 37.1 Å². The highest BCUT2D eigenvalue weighted by Gasteiger charge is 2.05. The van der Waals surface area contributed by atoms with E-state index in [-0.39, 0.29) is 0 Å². The minimum absolute atomic E-state index is 0.410. The number of carbonyl (C=O) groups excluding carboxylic acids is 2. The normalized spacial score (nSPS) is 10.0. The van der Waals surface area contributed by atoms with Gasteiger partial charge in [-0.05, 0) is 38.1 Å². The van der Waals surface area contributed by atoms with Crippen LogP contribution < -0.4 is 11.1 Å². The van der Waals surface area contributed by atoms with Crippen molar-refractivity contribution in [1.29, 1.82) is 0 Å². The maximum absolute atomic E-state index is 10.3. The Bertz CT molecular complexity index is 1090. The average Bonchev–Trinajstić information content (AvgIpc) is 3.65. The molecule has 3 heterocycles. The van der Waals surface area contributed by atoms with Crippen LogP contribution in [0.2, 0.25) is 0 Å². The van der Waals surface area contributed by atoms with Crippen LogP contribution in [0.3, 0.4) is 0 Å². The van der Waals surface area contributed by atoms with Gasteiger partial charge < -0.3 is 20.8 Å². The van der Waals surface area contributed by atoms with E-state index in [4.69, 9.17) is 5.73 Å². The van der Waals surface area contributed by atoms with Gasteiger partial charge in [-0.15, -0.1) is 22.7 Å². The second kappa shape index (κ2) is 16.4. The quantitative estimate of drug-likeness (QED) is 0.203. The number of aryl methyl sites for hydroxylation is 1. The van der Waals surface area contributed by atoms with E-state index in [9.17, 15) is 9.59 Å². The van der Waals surface area contributed by atoms with E-state index in [0.717, 1.165) is 55.5 Å². The monoisotopic (exact) mass is 512 g/mol. The fraction of sp³-hybridized carbons (Fsp3) is 0.320. The molecule has 0 aliphatic rings. The lowest BCUT2D eigenvalue weighted by atomic mass is 10.1. The van der Waals surface area contributed by atoms with Crippen LogP contribution in [0.5, 0.6) is 0 Å². The molecule has 0 spiro atoms. The summed E-state index contributed by atoms with van der Waals surface area (Å²) in [5.41, 5.74) is 11.7. The van der Waals surface area contributed by atoms with Crippen molar-refractivity contribution in [3.05, 3.63) is 64.6 Å². The standard InChI is InChI=1S/C19H21N3OS.C4H4N2OS.C2H7N/c23-11-5-3-1-2-4-6-19-21-12-17(22-19)15-7-9-16(10-8-15)18-13-20-14-24-18;5-4(7)3-1-6-2-8-3;1-3-2/h7-14H,1-6H2,(H,21,22);1-2H,(H2,5,7);3H,1-2H3. The predicted molar refractivity (Wildman–Crippen MR) is 144 cm³/mol. The van der Waals surface area contributed by atoms with Gasteiger partial charge in [-0.2, -0.15) is 0 Å². The third-order valence-corrected chi connectivity index (χ3v) is 6.31. The zero-order valence-electron chi connectivity index (χ0n) is 20.1. The number of rotatable bonds is 10. The number of nitrogens with two attached hydrogens (primary N) is 1. The van der Waals surface area contributed by atoms with Gasteiger partial charge in [0.1, 0.15) is 17.0 Å². The minimum Gasteiger partial charge on any atom is -0.365 e. The fourth-order valence-corrected chi connectivity index (χ4v) is 4.12. The molecule has 1 aromatic carbocycles. The van der Waals surface area contributed by atoms with Crippen LogP contribution in [0.25, 0.3) is 21.7 Å². The van der Waals surface area contributed by atoms with Crippen LogP contribution in [0.1, 0.15) is 47.6 Å². The molecule has 10 heteroatoms. The number of aromatic amines is 1. The smallest absolute Gasteiger partial charge is 0.260 e. The number of primary amides is 1. The number of imidazole rings is 1. The molecule has 0 saturated heterocycles. The number of H-pyrrole nitrogens is 1. The lowest BCUT2D eigenvalue weighted by Gasteiger charge is -2.01. The number of amides is 1. The van der Waals surface area contributed by atoms with Gasteiger partial charge in [0.15, 0.2) is 0 Å². The topological polar surface area (TPSA) is 127 Å². The van der Waals surface area contributed by atoms with Crippen molar-refractivity contribution in [3.8, 4) is 21.7 Å². The number of hydrogen-bond acceptors (Lipinski definition) is 8. The van der Waals surface area contributed by atoms with Gasteiger partial charge in [-0.3, -0.25) is 14.8 Å². The lowest BCUT2D eigenvalue weighted by Crippen LogP contribution is -2.08. The zero-order valence-corrected chi connectivity index (χ0v) is 21.7. The van der Waals surface area contributed by atoms with Crippen LogP contribution in [0.15, 0.2) is 53.9 Å². The lowest BCUT2D eigenvalue weighted by molar-refractivity contribution is -0.107. The molecule has 186 valence electrons. The number of hydrogen-bond donors (Lipinski definition) is 3. The third kappa shape index (κ3) is 10.3. The molecule has 0 aliphatic carbocycles. The molecule has 4 rings (SSSR count). The number of thiazole rings is 2. The number of aromatic nitrogens is 4. The van der Waals surface area contributed by atoms with Crippen molar-refractivity contribution < 1.29 is 9.59 Å². The highest BCUT2D eigenvalue weighted by Crippen LogP contribution is 2.26. The van der Waals surface area contributed by atoms with Crippen molar-refractivity contribution in [3.63, 3.8) is 0 Å². The van der Waals surface area contributed by atoms with E-state index in [2.05, 4.69) is 49.5 Å². The van der Waals surface area contributed by atoms with Gasteiger partial charge in [0.25, 0.3) is 5.91 Å². The van der Waals surface area contributed by atoms with Crippen molar-refractivity contribution in [2.75, 3.05) is 14.1 Å². The minimum atomic E-state index is -0.410. The Morgan fingerprint density at radius 1 is 0.971 bits per heavy atom. The molecule has 0 bridgehead atoms. The second-order valence-corrected chi connectivity index (χ2v) is 9.31. The second-order valence-electron chi connectivity index (χ2n) is 7.54. The Morgan fingerprint density at radius 2 is 1.63 bits per heavy atom. The predicted octanol–water partition coefficient (Wildman–Crippen LogP) is 4.97. The first-order valence-electron chi connectivity index (χ1n) is 11.3. The van der Waals surface area contributed by atoms with E-state index in [1.54, 1.807) is 16.8 Å². The maximum atomic E-state index is 10.3. The summed E-state index contributed by atoms with van der Waals surface area (Å²) in [6, 6.07) is 8.48. The number of unbranched alkanes of at least 4 members (excludes halogenated alkanes) is 4. The molecule has 4 aromatic rings. The first-order valence-corrected chi connectivity index (χ1v) is 13.1. The van der Waals surface area contributed by atoms with Crippen LogP contribution in [0, 0.1) is 0 Å². The number of nitrogens with zero attached hydrogens (tertiary/aromatic N) is 3. The summed E-state index contributed by atoms with van der Waals surface area (Å²) in [4.78, 5) is 37.9. The van der Waals surface area contributed by atoms with Crippen molar-refractivity contribution in [2.24, 2.45) is 5.73 Å². The number of aldehydes is 1. The van der Waals surface area contributed by atoms with Gasteiger partial charge in [0.2, 0.25) is 0 Å². The molecular formula is C25H32N6O2S2. The molecule has 35 heavy (non-hydrogen) atoms. The summed E-state index contributed by atoms with van der Waals surface area (Å²) in [5.74, 6) is 0.624. The van der Waals surface area contributed by atoms with E-state index in [1.807, 2.05) is 32.0 Å². The Hall–Kier alpha value is -3.21. The van der Waals surface area contributed by atoms with Crippen molar-refractivity contribution in [1.82, 2.24) is 25.3 Å². The van der Waals surface area contributed by atoms with Crippen LogP contribution >= 0.6 is 22.7 Å². The first kappa shape index (κ1) is 28.0. The van der Waals surface area contributed by atoms with E-state index in [0.29, 0.717) is 11.3 Å². The Morgan fingerprint density at radius 3 is 2.20 bits per heavy atom. The summed E-state index contributed by atoms with van der Waals surface area (Å²) < 4.78 is 0. The first-order chi connectivity index (χ1) is 17.1. The molecule has 0 radical (unpaired) electrons. The SMILES string of the molecule is CNC.NC(=O)c1cncs1.O=CCCCCCCc1ncc(-c2ccc(-c3cncs3)cc2)[nH]1. The van der Waals surface area contributed by atoms with Gasteiger partial charge in [0.05, 0.1) is 34.0 Å². The summed E-state index contributed by atoms with van der Waals surface area (Å²) in [7, 11) is 3.75. The Labute approximate surface area is 214 Å². The highest BCUT2D eigenvalue weighted by atomic mass is 32.1. The number of carbonyl (C=O) groups is 2. The molecule has 3 aromatic heterocycles. The number of nitrogens with one attached hydrogen (secondary N) is 2. The van der Waals surface area contributed by atoms with Crippen LogP contribution in [-0.4, -0.2) is 46.2 Å². The summed E-state index contributed by atoms with van der Waals surface area (Å²) in [5, 5.41) is 2.75. The fourth-order valence-electron chi connectivity index (χ4n) is 3.02. The zero-order chi connectivity index (χ0) is 25.3. The molecule has 0 fully saturated rings. The molecule has 0 aliphatic heterocycles. The Kier molecular flexibility index (Phi) is 13.2. The van der Waals surface area contributed by atoms with Gasteiger partial charge in [0, 0.05) is 19.0 Å². The summed E-state index contributed by atoms with van der Waals surface area (Å²) in [6.45, 7) is 0. The molecule has 0 atom stereocenters. The number of benzene rings is 1. The summed E-state index contributed by atoms with van der Waals surface area (Å²) >= 11 is 2.89. The van der Waals surface area contributed by atoms with Crippen molar-refractivity contribution in [2.45, 2.75) is 38.5 Å². The van der Waals surface area contributed by atoms with Gasteiger partial charge in [-0.25, -0.2) is 4.98 Å². The van der Waals surface area contributed by atoms with Crippen LogP contribution in [0.4, 0.5) is 0 Å². The van der Waals surface area contributed by atoms with E-state index in [1.165, 1.54) is 28.0 Å². The largest absolute Gasteiger partial charge is 0.365 e.